The van der Waals surface area contributed by atoms with Gasteiger partial charge in [0.05, 0.1) is 41.8 Å². The second kappa shape index (κ2) is 10.1. The molecular formula is C29H30F3N7O2. The van der Waals surface area contributed by atoms with E-state index in [9.17, 15) is 18.0 Å². The van der Waals surface area contributed by atoms with Crippen molar-refractivity contribution in [2.24, 2.45) is 14.1 Å². The Hall–Kier alpha value is -4.03. The molecule has 0 N–H and O–H groups in total. The van der Waals surface area contributed by atoms with Gasteiger partial charge in [-0.3, -0.25) is 14.4 Å². The van der Waals surface area contributed by atoms with Gasteiger partial charge in [-0.15, -0.1) is 10.2 Å². The first-order chi connectivity index (χ1) is 19.5. The monoisotopic (exact) mass is 565 g/mol. The van der Waals surface area contributed by atoms with Gasteiger partial charge in [-0.1, -0.05) is 12.1 Å². The number of benzene rings is 2. The Morgan fingerprint density at radius 1 is 1.05 bits per heavy atom. The molecule has 2 aromatic heterocycles. The fraction of sp³-hybridized carbons (Fsp3) is 0.379. The molecule has 0 spiro atoms. The molecule has 0 aliphatic carbocycles. The quantitative estimate of drug-likeness (QED) is 0.350. The highest BCUT2D eigenvalue weighted by molar-refractivity contribution is 6.10. The fourth-order valence-electron chi connectivity index (χ4n) is 5.98. The summed E-state index contributed by atoms with van der Waals surface area (Å²) in [5.41, 5.74) is 2.54. The molecule has 4 aromatic rings. The minimum atomic E-state index is -4.59. The number of amides is 1. The molecule has 9 nitrogen and oxygen atoms in total. The number of aromatic nitrogens is 5. The molecule has 2 atom stereocenters. The molecule has 2 aliphatic rings. The van der Waals surface area contributed by atoms with Crippen LogP contribution in [0.3, 0.4) is 0 Å². The summed E-state index contributed by atoms with van der Waals surface area (Å²) < 4.78 is 52.2. The van der Waals surface area contributed by atoms with E-state index in [1.807, 2.05) is 27.0 Å². The van der Waals surface area contributed by atoms with E-state index in [4.69, 9.17) is 4.74 Å². The summed E-state index contributed by atoms with van der Waals surface area (Å²) in [7, 11) is 3.63. The summed E-state index contributed by atoms with van der Waals surface area (Å²) in [6.45, 7) is 5.26. The van der Waals surface area contributed by atoms with E-state index in [2.05, 4.69) is 20.2 Å². The highest BCUT2D eigenvalue weighted by Gasteiger charge is 2.41. The number of carbonyl (C=O) groups excluding carboxylic acids is 1. The van der Waals surface area contributed by atoms with Gasteiger partial charge in [-0.2, -0.15) is 18.3 Å². The molecule has 214 valence electrons. The predicted octanol–water partition coefficient (Wildman–Crippen LogP) is 4.67. The summed E-state index contributed by atoms with van der Waals surface area (Å²) in [4.78, 5) is 17.2. The van der Waals surface area contributed by atoms with E-state index >= 15 is 0 Å². The van der Waals surface area contributed by atoms with Crippen LogP contribution in [0.2, 0.25) is 0 Å². The number of fused-ring (bicyclic) bond motifs is 1. The summed E-state index contributed by atoms with van der Waals surface area (Å²) in [6.07, 6.45) is -1.35. The Labute approximate surface area is 235 Å². The second-order valence-electron chi connectivity index (χ2n) is 10.9. The maximum Gasteiger partial charge on any atom is 0.416 e. The lowest BCUT2D eigenvalue weighted by molar-refractivity contribution is -0.138. The van der Waals surface area contributed by atoms with Crippen molar-refractivity contribution in [2.75, 3.05) is 18.0 Å². The molecule has 6 rings (SSSR count). The number of anilines is 1. The Morgan fingerprint density at radius 3 is 2.49 bits per heavy atom. The molecule has 1 fully saturated rings. The van der Waals surface area contributed by atoms with Gasteiger partial charge in [-0.25, -0.2) is 0 Å². The number of carbonyl (C=O) groups is 1. The molecule has 4 heterocycles. The fourth-order valence-corrected chi connectivity index (χ4v) is 5.98. The van der Waals surface area contributed by atoms with Crippen LogP contribution in [0.4, 0.5) is 18.9 Å². The summed E-state index contributed by atoms with van der Waals surface area (Å²) in [5, 5.41) is 12.5. The van der Waals surface area contributed by atoms with Crippen molar-refractivity contribution in [2.45, 2.75) is 45.3 Å². The van der Waals surface area contributed by atoms with Crippen LogP contribution in [0.15, 0.2) is 48.9 Å². The largest absolute Gasteiger partial charge is 0.416 e. The van der Waals surface area contributed by atoms with Crippen LogP contribution in [-0.2, 0) is 38.1 Å². The van der Waals surface area contributed by atoms with Crippen LogP contribution >= 0.6 is 0 Å². The zero-order chi connectivity index (χ0) is 29.1. The minimum absolute atomic E-state index is 0.000624. The standard InChI is InChI=1S/C29H30F3N7O2/c1-17-12-38(13-18(2)41-17)14-19-8-22-24(25(9-19)29(30,31)32)15-39(28(22)40)21-7-5-6-20(10-21)26-23(11-34-37(26)4)27-35-33-16-36(27)3/h5-11,16-18H,12-15H2,1-4H3/t17-,18+. The minimum Gasteiger partial charge on any atom is -0.373 e. The van der Waals surface area contributed by atoms with Crippen LogP contribution in [0.1, 0.15) is 40.9 Å². The number of halogens is 3. The maximum atomic E-state index is 14.3. The second-order valence-corrected chi connectivity index (χ2v) is 10.9. The maximum absolute atomic E-state index is 14.3. The van der Waals surface area contributed by atoms with E-state index in [0.29, 0.717) is 36.7 Å². The number of hydrogen-bond acceptors (Lipinski definition) is 6. The van der Waals surface area contributed by atoms with E-state index in [-0.39, 0.29) is 29.9 Å². The highest BCUT2D eigenvalue weighted by Crippen LogP contribution is 2.41. The van der Waals surface area contributed by atoms with Gasteiger partial charge < -0.3 is 14.2 Å². The van der Waals surface area contributed by atoms with Crippen molar-refractivity contribution in [1.82, 2.24) is 29.4 Å². The lowest BCUT2D eigenvalue weighted by atomic mass is 9.98. The SMILES string of the molecule is C[C@@H]1CN(Cc2cc3c(c(C(F)(F)F)c2)CN(c2cccc(-c4c(-c5nncn5C)cnn4C)c2)C3=O)C[C@H](C)O1. The Bertz CT molecular complexity index is 1620. The molecule has 0 radical (unpaired) electrons. The molecule has 0 saturated carbocycles. The zero-order valence-corrected chi connectivity index (χ0v) is 23.2. The third-order valence-corrected chi connectivity index (χ3v) is 7.63. The van der Waals surface area contributed by atoms with Crippen LogP contribution in [0.5, 0.6) is 0 Å². The Kier molecular flexibility index (Phi) is 6.69. The van der Waals surface area contributed by atoms with Gasteiger partial charge >= 0.3 is 6.18 Å². The molecular weight excluding hydrogens is 535 g/mol. The first kappa shape index (κ1) is 27.2. The molecule has 2 aliphatic heterocycles. The Morgan fingerprint density at radius 2 is 1.80 bits per heavy atom. The van der Waals surface area contributed by atoms with E-state index in [0.717, 1.165) is 16.8 Å². The lowest BCUT2D eigenvalue weighted by Crippen LogP contribution is -2.44. The van der Waals surface area contributed by atoms with Gasteiger partial charge in [0.2, 0.25) is 0 Å². The molecule has 1 saturated heterocycles. The smallest absolute Gasteiger partial charge is 0.373 e. The summed E-state index contributed by atoms with van der Waals surface area (Å²) in [6, 6.07) is 10.00. The predicted molar refractivity (Wildman–Crippen MR) is 146 cm³/mol. The number of rotatable bonds is 5. The highest BCUT2D eigenvalue weighted by atomic mass is 19.4. The van der Waals surface area contributed by atoms with Crippen molar-refractivity contribution in [1.29, 1.82) is 0 Å². The van der Waals surface area contributed by atoms with Crippen molar-refractivity contribution in [3.05, 3.63) is 71.2 Å². The molecule has 12 heteroatoms. The third-order valence-electron chi connectivity index (χ3n) is 7.63. The van der Waals surface area contributed by atoms with Crippen LogP contribution in [-0.4, -0.2) is 60.6 Å². The van der Waals surface area contributed by atoms with E-state index < -0.39 is 17.6 Å². The number of nitrogens with zero attached hydrogens (tertiary/aromatic N) is 7. The van der Waals surface area contributed by atoms with E-state index in [1.165, 1.54) is 11.0 Å². The average molecular weight is 566 g/mol. The van der Waals surface area contributed by atoms with Gasteiger partial charge in [0, 0.05) is 50.5 Å². The number of alkyl halides is 3. The Balaban J connectivity index is 1.35. The first-order valence-electron chi connectivity index (χ1n) is 13.4. The topological polar surface area (TPSA) is 81.3 Å². The number of morpholine rings is 1. The van der Waals surface area contributed by atoms with Crippen molar-refractivity contribution in [3.8, 4) is 22.6 Å². The number of ether oxygens (including phenoxy) is 1. The molecule has 1 amide bonds. The normalized spacial score (nSPS) is 19.7. The van der Waals surface area contributed by atoms with E-state index in [1.54, 1.807) is 53.1 Å². The summed E-state index contributed by atoms with van der Waals surface area (Å²) in [5.74, 6) is 0.168. The average Bonchev–Trinajstić information content (AvgIpc) is 3.59. The zero-order valence-electron chi connectivity index (χ0n) is 23.2. The van der Waals surface area contributed by atoms with Crippen molar-refractivity contribution >= 4 is 11.6 Å². The van der Waals surface area contributed by atoms with Crippen LogP contribution in [0.25, 0.3) is 22.6 Å². The van der Waals surface area contributed by atoms with Gasteiger partial charge in [-0.05, 0) is 49.2 Å². The van der Waals surface area contributed by atoms with Gasteiger partial charge in [0.15, 0.2) is 5.82 Å². The number of aryl methyl sites for hydroxylation is 2. The molecule has 41 heavy (non-hydrogen) atoms. The van der Waals surface area contributed by atoms with Gasteiger partial charge in [0.25, 0.3) is 5.91 Å². The first-order valence-corrected chi connectivity index (χ1v) is 13.4. The summed E-state index contributed by atoms with van der Waals surface area (Å²) >= 11 is 0. The molecule has 0 bridgehead atoms. The van der Waals surface area contributed by atoms with Crippen LogP contribution < -0.4 is 4.90 Å². The lowest BCUT2D eigenvalue weighted by Gasteiger charge is -2.35. The van der Waals surface area contributed by atoms with Crippen LogP contribution in [0, 0.1) is 0 Å². The third kappa shape index (κ3) is 5.02. The molecule has 2 aromatic carbocycles. The van der Waals surface area contributed by atoms with Crippen molar-refractivity contribution < 1.29 is 22.7 Å². The van der Waals surface area contributed by atoms with Crippen molar-refractivity contribution in [3.63, 3.8) is 0 Å². The van der Waals surface area contributed by atoms with Gasteiger partial charge in [0.1, 0.15) is 6.33 Å². The number of hydrogen-bond donors (Lipinski definition) is 0. The molecule has 0 unspecified atom stereocenters.